The van der Waals surface area contributed by atoms with Gasteiger partial charge in [-0.1, -0.05) is 221 Å². The fourth-order valence-corrected chi connectivity index (χ4v) is 9.76. The van der Waals surface area contributed by atoms with E-state index >= 15 is 0 Å². The van der Waals surface area contributed by atoms with Gasteiger partial charge in [0.1, 0.15) is 54.9 Å². The maximum absolute atomic E-state index is 13.1. The van der Waals surface area contributed by atoms with Crippen LogP contribution in [-0.4, -0.2) is 142 Å². The molecule has 2 rings (SSSR count). The van der Waals surface area contributed by atoms with Crippen LogP contribution in [0, 0.1) is 0 Å². The first-order valence-corrected chi connectivity index (χ1v) is 32.2. The van der Waals surface area contributed by atoms with Crippen LogP contribution in [0.4, 0.5) is 0 Å². The Morgan fingerprint density at radius 1 is 0.420 bits per heavy atom. The van der Waals surface area contributed by atoms with Crippen LogP contribution in [0.3, 0.4) is 0 Å². The fourth-order valence-electron chi connectivity index (χ4n) is 9.76. The second-order valence-corrected chi connectivity index (χ2v) is 22.2. The minimum atomic E-state index is -1.72. The number of ether oxygens (including phenoxy) is 6. The second kappa shape index (κ2) is 52.7. The minimum Gasteiger partial charge on any atom is -0.457 e. The van der Waals surface area contributed by atoms with Gasteiger partial charge in [-0.25, -0.2) is 0 Å². The standard InChI is InChI=1S/C67H116O14/c1-3-5-7-9-11-13-15-17-19-21-23-25-26-27-28-29-31-33-35-37-39-41-43-45-47-49-51-76-53-56(54-77-66-65(75)63(73)61(71)58(81-66)55-78-67-64(74)62(72)60(70)57(52-68)80-67)79-59(69)50-48-46-44-42-40-38-36-34-32-30-24-22-20-18-16-14-12-10-8-6-4-2/h6,8,12,14-15,17-18,20-21,23-24,30,34,36,56-58,60-68,70-75H,3-5,7,9-11,13,16,19,22,25-29,31-33,35,37-55H2,1-2H3/b8-6-,14-12-,17-15-,20-18-,23-21-,30-24-,36-34-. The molecule has 2 saturated heterocycles. The Balaban J connectivity index is 1.68. The quantitative estimate of drug-likeness (QED) is 0.0172. The molecular formula is C67H116O14. The normalized spacial score (nSPS) is 24.3. The van der Waals surface area contributed by atoms with Gasteiger partial charge >= 0.3 is 5.97 Å². The Labute approximate surface area is 490 Å². The van der Waals surface area contributed by atoms with Crippen LogP contribution in [0.2, 0.25) is 0 Å². The van der Waals surface area contributed by atoms with Gasteiger partial charge in [-0.15, -0.1) is 0 Å². The molecule has 0 aromatic heterocycles. The summed E-state index contributed by atoms with van der Waals surface area (Å²) in [4.78, 5) is 13.1. The van der Waals surface area contributed by atoms with Gasteiger partial charge in [0, 0.05) is 13.0 Å². The summed E-state index contributed by atoms with van der Waals surface area (Å²) in [5.41, 5.74) is 0. The maximum atomic E-state index is 13.1. The van der Waals surface area contributed by atoms with Crippen LogP contribution in [-0.2, 0) is 33.2 Å². The third-order valence-corrected chi connectivity index (χ3v) is 14.9. The predicted octanol–water partition coefficient (Wildman–Crippen LogP) is 12.8. The lowest BCUT2D eigenvalue weighted by Crippen LogP contribution is -2.61. The molecule has 0 aromatic rings. The molecule has 2 aliphatic rings. The summed E-state index contributed by atoms with van der Waals surface area (Å²) in [6.45, 7) is 3.55. The molecule has 81 heavy (non-hydrogen) atoms. The van der Waals surface area contributed by atoms with Gasteiger partial charge in [0.05, 0.1) is 26.4 Å². The van der Waals surface area contributed by atoms with Crippen molar-refractivity contribution >= 4 is 5.97 Å². The topological polar surface area (TPSA) is 214 Å². The molecule has 11 atom stereocenters. The highest BCUT2D eigenvalue weighted by Crippen LogP contribution is 2.27. The lowest BCUT2D eigenvalue weighted by atomic mass is 9.98. The number of carbonyl (C=O) groups is 1. The van der Waals surface area contributed by atoms with Gasteiger partial charge in [0.15, 0.2) is 12.6 Å². The molecule has 14 heteroatoms. The lowest BCUT2D eigenvalue weighted by Gasteiger charge is -2.42. The zero-order valence-electron chi connectivity index (χ0n) is 50.5. The van der Waals surface area contributed by atoms with Crippen LogP contribution < -0.4 is 0 Å². The highest BCUT2D eigenvalue weighted by molar-refractivity contribution is 5.69. The molecule has 0 bridgehead atoms. The number of carbonyl (C=O) groups excluding carboxylic acids is 1. The Kier molecular flexibility index (Phi) is 48.3. The van der Waals surface area contributed by atoms with Gasteiger partial charge in [0.25, 0.3) is 0 Å². The fraction of sp³-hybridized carbons (Fsp3) is 0.776. The molecule has 7 N–H and O–H groups in total. The van der Waals surface area contributed by atoms with E-state index in [0.29, 0.717) is 13.0 Å². The molecule has 2 fully saturated rings. The lowest BCUT2D eigenvalue weighted by molar-refractivity contribution is -0.332. The Hall–Kier alpha value is -2.83. The van der Waals surface area contributed by atoms with E-state index in [-0.39, 0.29) is 19.6 Å². The van der Waals surface area contributed by atoms with Gasteiger partial charge in [0.2, 0.25) is 0 Å². The average molecular weight is 1150 g/mol. The number of aliphatic hydroxyl groups is 7. The number of hydrogen-bond donors (Lipinski definition) is 7. The minimum absolute atomic E-state index is 0.0496. The van der Waals surface area contributed by atoms with Crippen LogP contribution >= 0.6 is 0 Å². The Morgan fingerprint density at radius 3 is 1.26 bits per heavy atom. The van der Waals surface area contributed by atoms with Crippen molar-refractivity contribution in [1.29, 1.82) is 0 Å². The van der Waals surface area contributed by atoms with Crippen molar-refractivity contribution in [1.82, 2.24) is 0 Å². The number of hydrogen-bond acceptors (Lipinski definition) is 14. The monoisotopic (exact) mass is 1140 g/mol. The van der Waals surface area contributed by atoms with E-state index in [0.717, 1.165) is 89.9 Å². The molecule has 0 amide bonds. The average Bonchev–Trinajstić information content (AvgIpc) is 3.46. The third-order valence-electron chi connectivity index (χ3n) is 14.9. The number of allylic oxidation sites excluding steroid dienone is 14. The zero-order valence-corrected chi connectivity index (χ0v) is 50.5. The highest BCUT2D eigenvalue weighted by atomic mass is 16.7. The summed E-state index contributed by atoms with van der Waals surface area (Å²) in [6, 6.07) is 0. The van der Waals surface area contributed by atoms with Crippen molar-refractivity contribution in [2.45, 2.75) is 300 Å². The molecule has 0 aromatic carbocycles. The molecule has 0 spiro atoms. The summed E-state index contributed by atoms with van der Waals surface area (Å²) in [5.74, 6) is -0.395. The largest absolute Gasteiger partial charge is 0.457 e. The molecule has 2 heterocycles. The Bertz CT molecular complexity index is 1660. The first-order chi connectivity index (χ1) is 39.6. The smallest absolute Gasteiger partial charge is 0.306 e. The van der Waals surface area contributed by atoms with Crippen LogP contribution in [0.5, 0.6) is 0 Å². The van der Waals surface area contributed by atoms with Gasteiger partial charge in [-0.2, -0.15) is 0 Å². The van der Waals surface area contributed by atoms with Crippen molar-refractivity contribution in [3.63, 3.8) is 0 Å². The van der Waals surface area contributed by atoms with E-state index in [9.17, 15) is 40.5 Å². The SMILES string of the molecule is CC/C=C\C/C=C\C/C=C\C/C=C\C/C=C\CCCCCCCC(=O)OC(COCCCCCCCCCCCCCCCC/C=C\C/C=C\CCCCCCC)COC1OC(COC2OC(CO)C(O)C(O)C2O)C(O)C(O)C1O. The molecule has 14 nitrogen and oxygen atoms in total. The van der Waals surface area contributed by atoms with E-state index in [1.807, 2.05) is 0 Å². The van der Waals surface area contributed by atoms with Crippen molar-refractivity contribution in [3.05, 3.63) is 85.1 Å². The van der Waals surface area contributed by atoms with E-state index in [1.54, 1.807) is 0 Å². The van der Waals surface area contributed by atoms with E-state index in [1.165, 1.54) is 116 Å². The number of esters is 1. The molecule has 0 radical (unpaired) electrons. The molecular weight excluding hydrogens is 1030 g/mol. The predicted molar refractivity (Wildman–Crippen MR) is 325 cm³/mol. The first-order valence-electron chi connectivity index (χ1n) is 32.2. The van der Waals surface area contributed by atoms with Crippen molar-refractivity contribution < 1.29 is 69.0 Å². The van der Waals surface area contributed by atoms with Crippen molar-refractivity contribution in [2.24, 2.45) is 0 Å². The van der Waals surface area contributed by atoms with E-state index in [4.69, 9.17) is 28.4 Å². The van der Waals surface area contributed by atoms with Crippen LogP contribution in [0.1, 0.15) is 232 Å². The summed E-state index contributed by atoms with van der Waals surface area (Å²) in [5, 5.41) is 72.5. The van der Waals surface area contributed by atoms with E-state index < -0.39 is 86.7 Å². The maximum Gasteiger partial charge on any atom is 0.306 e. The molecule has 11 unspecified atom stereocenters. The summed E-state index contributed by atoms with van der Waals surface area (Å²) in [6.07, 6.45) is 53.6. The summed E-state index contributed by atoms with van der Waals surface area (Å²) < 4.78 is 34.5. The number of aliphatic hydroxyl groups excluding tert-OH is 7. The van der Waals surface area contributed by atoms with Crippen LogP contribution in [0.15, 0.2) is 85.1 Å². The number of unbranched alkanes of at least 4 members (excludes halogenated alkanes) is 24. The zero-order chi connectivity index (χ0) is 58.6. The molecule has 0 aliphatic carbocycles. The van der Waals surface area contributed by atoms with Crippen molar-refractivity contribution in [2.75, 3.05) is 33.0 Å². The van der Waals surface area contributed by atoms with Gasteiger partial charge in [-0.05, 0) is 89.9 Å². The molecule has 0 saturated carbocycles. The van der Waals surface area contributed by atoms with Crippen LogP contribution in [0.25, 0.3) is 0 Å². The summed E-state index contributed by atoms with van der Waals surface area (Å²) >= 11 is 0. The molecule has 468 valence electrons. The van der Waals surface area contributed by atoms with E-state index in [2.05, 4.69) is 98.9 Å². The first kappa shape index (κ1) is 74.3. The van der Waals surface area contributed by atoms with Crippen molar-refractivity contribution in [3.8, 4) is 0 Å². The second-order valence-electron chi connectivity index (χ2n) is 22.2. The molecule has 2 aliphatic heterocycles. The third kappa shape index (κ3) is 38.7. The highest BCUT2D eigenvalue weighted by Gasteiger charge is 2.47. The summed E-state index contributed by atoms with van der Waals surface area (Å²) in [7, 11) is 0. The van der Waals surface area contributed by atoms with Gasteiger partial charge in [-0.3, -0.25) is 4.79 Å². The Morgan fingerprint density at radius 2 is 0.802 bits per heavy atom. The number of rotatable bonds is 52. The van der Waals surface area contributed by atoms with Gasteiger partial charge < -0.3 is 64.2 Å².